The first-order chi connectivity index (χ1) is 16.3. The van der Waals surface area contributed by atoms with Gasteiger partial charge in [-0.3, -0.25) is 9.88 Å². The molecule has 0 amide bonds. The zero-order valence-corrected chi connectivity index (χ0v) is 20.0. The molecule has 1 unspecified atom stereocenters. The van der Waals surface area contributed by atoms with Crippen LogP contribution in [0.2, 0.25) is 0 Å². The molecule has 6 nitrogen and oxygen atoms in total. The van der Waals surface area contributed by atoms with Gasteiger partial charge in [0, 0.05) is 37.6 Å². The van der Waals surface area contributed by atoms with Crippen LogP contribution in [0.15, 0.2) is 36.5 Å². The zero-order chi connectivity index (χ0) is 22.5. The van der Waals surface area contributed by atoms with Gasteiger partial charge in [0.25, 0.3) is 0 Å². The Hall–Kier alpha value is -2.44. The summed E-state index contributed by atoms with van der Waals surface area (Å²) >= 11 is 0. The van der Waals surface area contributed by atoms with Crippen molar-refractivity contribution < 1.29 is 0 Å². The van der Waals surface area contributed by atoms with Crippen molar-refractivity contribution in [1.29, 1.82) is 0 Å². The van der Waals surface area contributed by atoms with Gasteiger partial charge >= 0.3 is 0 Å². The molecule has 1 aliphatic carbocycles. The molecule has 33 heavy (non-hydrogen) atoms. The van der Waals surface area contributed by atoms with Gasteiger partial charge in [-0.15, -0.1) is 0 Å². The summed E-state index contributed by atoms with van der Waals surface area (Å²) in [5.74, 6) is 1.04. The van der Waals surface area contributed by atoms with Crippen molar-refractivity contribution in [3.05, 3.63) is 53.6 Å². The molecule has 6 heteroatoms. The quantitative estimate of drug-likeness (QED) is 0.572. The monoisotopic (exact) mass is 446 g/mol. The summed E-state index contributed by atoms with van der Waals surface area (Å²) in [6.45, 7) is 8.79. The number of hydrogen-bond donors (Lipinski definition) is 2. The SMILES string of the molecule is CCCNCc1nc2c(N3CCN4CCCC4C3)cccc2[nH]1.c1cnc2c(c1)CCCC2. The third kappa shape index (κ3) is 5.22. The number of aryl methyl sites for hydroxylation is 2. The van der Waals surface area contributed by atoms with E-state index in [1.54, 1.807) is 0 Å². The largest absolute Gasteiger partial charge is 0.367 e. The fourth-order valence-electron chi connectivity index (χ4n) is 5.53. The molecule has 2 aliphatic heterocycles. The lowest BCUT2D eigenvalue weighted by Crippen LogP contribution is -2.50. The molecule has 0 bridgehead atoms. The molecule has 2 fully saturated rings. The summed E-state index contributed by atoms with van der Waals surface area (Å²) in [6, 6.07) is 11.5. The van der Waals surface area contributed by atoms with Crippen molar-refractivity contribution in [3.63, 3.8) is 0 Å². The summed E-state index contributed by atoms with van der Waals surface area (Å²) in [5, 5.41) is 3.43. The molecule has 6 rings (SSSR count). The Morgan fingerprint density at radius 3 is 2.91 bits per heavy atom. The molecule has 0 radical (unpaired) electrons. The Balaban J connectivity index is 0.000000190. The predicted octanol–water partition coefficient (Wildman–Crippen LogP) is 4.31. The molecule has 2 saturated heterocycles. The second kappa shape index (κ2) is 10.7. The number of pyridine rings is 1. The van der Waals surface area contributed by atoms with E-state index in [4.69, 9.17) is 4.98 Å². The molecule has 1 atom stereocenters. The Morgan fingerprint density at radius 1 is 1.06 bits per heavy atom. The van der Waals surface area contributed by atoms with Crippen LogP contribution in [0.5, 0.6) is 0 Å². The third-order valence-corrected chi connectivity index (χ3v) is 7.28. The maximum atomic E-state index is 4.87. The van der Waals surface area contributed by atoms with Gasteiger partial charge in [0.1, 0.15) is 11.3 Å². The number of piperazine rings is 1. The van der Waals surface area contributed by atoms with E-state index in [0.717, 1.165) is 55.5 Å². The molecule has 2 N–H and O–H groups in total. The predicted molar refractivity (Wildman–Crippen MR) is 136 cm³/mol. The summed E-state index contributed by atoms with van der Waals surface area (Å²) in [4.78, 5) is 17.9. The average Bonchev–Trinajstić information content (AvgIpc) is 3.50. The number of aromatic amines is 1. The zero-order valence-electron chi connectivity index (χ0n) is 20.0. The van der Waals surface area contributed by atoms with Crippen molar-refractivity contribution in [3.8, 4) is 0 Å². The molecule has 0 spiro atoms. The molecule has 3 aliphatic rings. The van der Waals surface area contributed by atoms with Gasteiger partial charge in [0.05, 0.1) is 17.7 Å². The van der Waals surface area contributed by atoms with Gasteiger partial charge in [0.2, 0.25) is 0 Å². The molecule has 0 saturated carbocycles. The topological polar surface area (TPSA) is 60.1 Å². The highest BCUT2D eigenvalue weighted by Crippen LogP contribution is 2.30. The molecular weight excluding hydrogens is 408 g/mol. The smallest absolute Gasteiger partial charge is 0.121 e. The second-order valence-corrected chi connectivity index (χ2v) is 9.63. The van der Waals surface area contributed by atoms with Gasteiger partial charge in [-0.2, -0.15) is 0 Å². The highest BCUT2D eigenvalue weighted by atomic mass is 15.3. The second-order valence-electron chi connectivity index (χ2n) is 9.63. The van der Waals surface area contributed by atoms with E-state index in [9.17, 15) is 0 Å². The summed E-state index contributed by atoms with van der Waals surface area (Å²) in [7, 11) is 0. The Morgan fingerprint density at radius 2 is 2.00 bits per heavy atom. The number of aromatic nitrogens is 3. The minimum atomic E-state index is 0.739. The van der Waals surface area contributed by atoms with Gasteiger partial charge in [-0.25, -0.2) is 4.98 Å². The van der Waals surface area contributed by atoms with Crippen LogP contribution in [0.1, 0.15) is 56.1 Å². The van der Waals surface area contributed by atoms with Crippen molar-refractivity contribution in [2.24, 2.45) is 0 Å². The maximum Gasteiger partial charge on any atom is 0.121 e. The van der Waals surface area contributed by atoms with E-state index < -0.39 is 0 Å². The highest BCUT2D eigenvalue weighted by Gasteiger charge is 2.31. The Kier molecular flexibility index (Phi) is 7.22. The lowest BCUT2D eigenvalue weighted by atomic mass is 9.96. The van der Waals surface area contributed by atoms with Gasteiger partial charge in [0.15, 0.2) is 0 Å². The van der Waals surface area contributed by atoms with E-state index in [0.29, 0.717) is 0 Å². The van der Waals surface area contributed by atoms with Crippen LogP contribution in [0.4, 0.5) is 5.69 Å². The van der Waals surface area contributed by atoms with Crippen molar-refractivity contribution in [2.45, 2.75) is 64.5 Å². The number of H-pyrrole nitrogens is 1. The van der Waals surface area contributed by atoms with Crippen LogP contribution in [0.3, 0.4) is 0 Å². The number of hydrogen-bond acceptors (Lipinski definition) is 5. The van der Waals surface area contributed by atoms with E-state index in [1.165, 1.54) is 68.6 Å². The maximum absolute atomic E-state index is 4.87. The van der Waals surface area contributed by atoms with Gasteiger partial charge in [-0.05, 0) is 81.8 Å². The average molecular weight is 447 g/mol. The minimum Gasteiger partial charge on any atom is -0.367 e. The lowest BCUT2D eigenvalue weighted by molar-refractivity contribution is 0.231. The number of para-hydroxylation sites is 1. The van der Waals surface area contributed by atoms with E-state index >= 15 is 0 Å². The van der Waals surface area contributed by atoms with E-state index in [2.05, 4.69) is 56.3 Å². The Bertz CT molecular complexity index is 1020. The third-order valence-electron chi connectivity index (χ3n) is 7.28. The van der Waals surface area contributed by atoms with Crippen molar-refractivity contribution in [2.75, 3.05) is 37.6 Å². The molecule has 176 valence electrons. The fourth-order valence-corrected chi connectivity index (χ4v) is 5.53. The molecule has 4 heterocycles. The first-order valence-electron chi connectivity index (χ1n) is 12.9. The van der Waals surface area contributed by atoms with Crippen LogP contribution in [0, 0.1) is 0 Å². The summed E-state index contributed by atoms with van der Waals surface area (Å²) in [6.07, 6.45) is 10.8. The van der Waals surface area contributed by atoms with E-state index in [1.807, 2.05) is 12.3 Å². The van der Waals surface area contributed by atoms with Crippen LogP contribution in [0.25, 0.3) is 11.0 Å². The highest BCUT2D eigenvalue weighted by molar-refractivity contribution is 5.89. The van der Waals surface area contributed by atoms with Crippen LogP contribution < -0.4 is 10.2 Å². The number of nitrogens with zero attached hydrogens (tertiary/aromatic N) is 4. The van der Waals surface area contributed by atoms with Crippen LogP contribution in [-0.4, -0.2) is 58.6 Å². The first-order valence-corrected chi connectivity index (χ1v) is 12.9. The van der Waals surface area contributed by atoms with E-state index in [-0.39, 0.29) is 0 Å². The number of imidazole rings is 1. The number of rotatable bonds is 5. The normalized spacial score (nSPS) is 20.3. The van der Waals surface area contributed by atoms with Gasteiger partial charge in [-0.1, -0.05) is 19.1 Å². The molecule has 1 aromatic carbocycles. The van der Waals surface area contributed by atoms with Crippen molar-refractivity contribution in [1.82, 2.24) is 25.2 Å². The number of anilines is 1. The number of nitrogens with one attached hydrogen (secondary N) is 2. The summed E-state index contributed by atoms with van der Waals surface area (Å²) < 4.78 is 0. The Labute approximate surface area is 197 Å². The lowest BCUT2D eigenvalue weighted by Gasteiger charge is -2.38. The molecule has 2 aromatic heterocycles. The minimum absolute atomic E-state index is 0.739. The number of benzene rings is 1. The standard InChI is InChI=1S/C18H27N5.C9H11N/c1-2-8-19-12-17-20-15-6-3-7-16(18(15)21-17)23-11-10-22-9-4-5-14(22)13-23;1-2-6-9-8(4-1)5-3-7-10-9/h3,6-7,14,19H,2,4-5,8-13H2,1H3,(H,20,21);3,5,7H,1-2,4,6H2. The van der Waals surface area contributed by atoms with Crippen LogP contribution >= 0.6 is 0 Å². The molecule has 3 aromatic rings. The molecular formula is C27H38N6. The number of fused-ring (bicyclic) bond motifs is 3. The summed E-state index contributed by atoms with van der Waals surface area (Å²) in [5.41, 5.74) is 6.38. The first kappa shape index (κ1) is 22.4. The van der Waals surface area contributed by atoms with Crippen LogP contribution in [-0.2, 0) is 19.4 Å². The van der Waals surface area contributed by atoms with Gasteiger partial charge < -0.3 is 15.2 Å². The van der Waals surface area contributed by atoms with Crippen molar-refractivity contribution >= 4 is 16.7 Å². The fraction of sp³-hybridized carbons (Fsp3) is 0.556.